The number of aromatic nitrogens is 1. The fourth-order valence-corrected chi connectivity index (χ4v) is 2.98. The van der Waals surface area contributed by atoms with Crippen LogP contribution in [0.25, 0.3) is 22.4 Å². The number of aromatic amines is 1. The van der Waals surface area contributed by atoms with Gasteiger partial charge in [-0.2, -0.15) is 0 Å². The zero-order valence-electron chi connectivity index (χ0n) is 12.0. The van der Waals surface area contributed by atoms with E-state index in [0.717, 1.165) is 11.1 Å². The number of carboxylic acid groups (broad SMARTS) is 1. The van der Waals surface area contributed by atoms with Gasteiger partial charge in [-0.15, -0.1) is 0 Å². The number of hydrogen-bond donors (Lipinski definition) is 2. The molecule has 0 atom stereocenters. The first kappa shape index (κ1) is 13.6. The van der Waals surface area contributed by atoms with Gasteiger partial charge in [-0.3, -0.25) is 0 Å². The van der Waals surface area contributed by atoms with Crippen molar-refractivity contribution in [1.29, 1.82) is 0 Å². The summed E-state index contributed by atoms with van der Waals surface area (Å²) in [5.74, 6) is -0.800. The van der Waals surface area contributed by atoms with Gasteiger partial charge in [0.05, 0.1) is 5.69 Å². The van der Waals surface area contributed by atoms with Crippen molar-refractivity contribution in [2.45, 2.75) is 6.61 Å². The van der Waals surface area contributed by atoms with E-state index >= 15 is 0 Å². The van der Waals surface area contributed by atoms with Crippen LogP contribution >= 0.6 is 0 Å². The molecule has 4 nitrogen and oxygen atoms in total. The predicted molar refractivity (Wildman–Crippen MR) is 82.9 cm³/mol. The Labute approximate surface area is 131 Å². The van der Waals surface area contributed by atoms with Gasteiger partial charge >= 0.3 is 5.97 Å². The summed E-state index contributed by atoms with van der Waals surface area (Å²) in [6.07, 6.45) is 0. The molecule has 0 saturated carbocycles. The third kappa shape index (κ3) is 2.09. The van der Waals surface area contributed by atoms with E-state index in [1.165, 1.54) is 12.1 Å². The second-order valence-corrected chi connectivity index (χ2v) is 5.33. The number of carboxylic acids is 1. The normalized spacial score (nSPS) is 12.2. The summed E-state index contributed by atoms with van der Waals surface area (Å²) < 4.78 is 19.3. The average Bonchev–Trinajstić information content (AvgIpc) is 2.95. The van der Waals surface area contributed by atoms with Crippen molar-refractivity contribution in [2.24, 2.45) is 0 Å². The molecule has 4 rings (SSSR count). The highest BCUT2D eigenvalue weighted by Crippen LogP contribution is 2.42. The second kappa shape index (κ2) is 4.98. The van der Waals surface area contributed by atoms with Crippen LogP contribution in [0.1, 0.15) is 16.1 Å². The van der Waals surface area contributed by atoms with E-state index in [1.807, 2.05) is 24.3 Å². The number of aromatic carboxylic acids is 1. The van der Waals surface area contributed by atoms with Crippen LogP contribution in [0.15, 0.2) is 48.5 Å². The lowest BCUT2D eigenvalue weighted by Gasteiger charge is -2.18. The molecular weight excluding hydrogens is 297 g/mol. The standard InChI is InChI=1S/C18H12FNO3/c19-11-5-3-4-10(8-11)15-13-9-23-14-7-2-1-6-12(14)16(13)20-17(15)18(21)22/h1-8,20H,9H2,(H,21,22). The minimum Gasteiger partial charge on any atom is -0.488 e. The highest BCUT2D eigenvalue weighted by molar-refractivity contribution is 5.98. The molecule has 2 aromatic carbocycles. The van der Waals surface area contributed by atoms with E-state index in [1.54, 1.807) is 12.1 Å². The van der Waals surface area contributed by atoms with Crippen LogP contribution in [0.4, 0.5) is 4.39 Å². The first-order valence-corrected chi connectivity index (χ1v) is 7.11. The van der Waals surface area contributed by atoms with Gasteiger partial charge in [0.25, 0.3) is 0 Å². The number of fused-ring (bicyclic) bond motifs is 3. The summed E-state index contributed by atoms with van der Waals surface area (Å²) in [4.78, 5) is 14.6. The first-order chi connectivity index (χ1) is 11.1. The van der Waals surface area contributed by atoms with E-state index in [0.29, 0.717) is 22.6 Å². The van der Waals surface area contributed by atoms with Crippen molar-refractivity contribution >= 4 is 5.97 Å². The number of H-pyrrole nitrogens is 1. The summed E-state index contributed by atoms with van der Waals surface area (Å²) in [5.41, 5.74) is 3.28. The largest absolute Gasteiger partial charge is 0.488 e. The van der Waals surface area contributed by atoms with Gasteiger partial charge in [0.15, 0.2) is 0 Å². The van der Waals surface area contributed by atoms with Crippen molar-refractivity contribution in [3.63, 3.8) is 0 Å². The molecule has 0 spiro atoms. The maximum absolute atomic E-state index is 13.6. The Kier molecular flexibility index (Phi) is 2.94. The molecule has 2 heterocycles. The highest BCUT2D eigenvalue weighted by Gasteiger charge is 2.28. The molecule has 2 N–H and O–H groups in total. The molecule has 3 aromatic rings. The van der Waals surface area contributed by atoms with E-state index in [9.17, 15) is 14.3 Å². The number of hydrogen-bond acceptors (Lipinski definition) is 2. The Bertz CT molecular complexity index is 930. The molecule has 0 amide bonds. The molecule has 0 aliphatic carbocycles. The number of rotatable bonds is 2. The monoisotopic (exact) mass is 309 g/mol. The molecule has 114 valence electrons. The molecule has 1 aliphatic rings. The van der Waals surface area contributed by atoms with Crippen molar-refractivity contribution in [2.75, 3.05) is 0 Å². The minimum absolute atomic E-state index is 0.0425. The van der Waals surface area contributed by atoms with Crippen molar-refractivity contribution in [3.05, 3.63) is 65.6 Å². The van der Waals surface area contributed by atoms with Gasteiger partial charge in [-0.05, 0) is 29.8 Å². The number of ether oxygens (including phenoxy) is 1. The van der Waals surface area contributed by atoms with E-state index in [4.69, 9.17) is 4.74 Å². The van der Waals surface area contributed by atoms with Crippen LogP contribution in [-0.4, -0.2) is 16.1 Å². The fraction of sp³-hybridized carbons (Fsp3) is 0.0556. The van der Waals surface area contributed by atoms with Gasteiger partial charge in [0.1, 0.15) is 23.9 Å². The Balaban J connectivity index is 2.01. The van der Waals surface area contributed by atoms with Gasteiger partial charge in [-0.1, -0.05) is 24.3 Å². The lowest BCUT2D eigenvalue weighted by atomic mass is 9.96. The number of halogens is 1. The van der Waals surface area contributed by atoms with Crippen molar-refractivity contribution in [3.8, 4) is 28.1 Å². The minimum atomic E-state index is -1.09. The molecule has 0 saturated heterocycles. The third-order valence-electron chi connectivity index (χ3n) is 3.96. The molecule has 0 bridgehead atoms. The first-order valence-electron chi connectivity index (χ1n) is 7.11. The van der Waals surface area contributed by atoms with E-state index in [2.05, 4.69) is 4.98 Å². The van der Waals surface area contributed by atoms with E-state index < -0.39 is 11.8 Å². The summed E-state index contributed by atoms with van der Waals surface area (Å²) >= 11 is 0. The average molecular weight is 309 g/mol. The fourth-order valence-electron chi connectivity index (χ4n) is 2.98. The summed E-state index contributed by atoms with van der Waals surface area (Å²) in [6, 6.07) is 13.3. The van der Waals surface area contributed by atoms with Crippen molar-refractivity contribution in [1.82, 2.24) is 4.98 Å². The predicted octanol–water partition coefficient (Wildman–Crippen LogP) is 4.08. The second-order valence-electron chi connectivity index (χ2n) is 5.33. The van der Waals surface area contributed by atoms with Crippen molar-refractivity contribution < 1.29 is 19.0 Å². The SMILES string of the molecule is O=C(O)c1[nH]c2c(c1-c1cccc(F)c1)COc1ccccc1-2. The van der Waals surface area contributed by atoms with Gasteiger partial charge in [0.2, 0.25) is 0 Å². The zero-order chi connectivity index (χ0) is 16.0. The molecule has 0 unspecified atom stereocenters. The van der Waals surface area contributed by atoms with Crippen LogP contribution in [0.5, 0.6) is 5.75 Å². The molecule has 5 heteroatoms. The molecule has 1 aliphatic heterocycles. The topological polar surface area (TPSA) is 62.3 Å². The smallest absolute Gasteiger partial charge is 0.352 e. The van der Waals surface area contributed by atoms with Gasteiger partial charge in [0, 0.05) is 16.7 Å². The van der Waals surface area contributed by atoms with Crippen LogP contribution in [-0.2, 0) is 6.61 Å². The summed E-state index contributed by atoms with van der Waals surface area (Å²) in [7, 11) is 0. The molecular formula is C18H12FNO3. The van der Waals surface area contributed by atoms with Crippen LogP contribution in [0.2, 0.25) is 0 Å². The lowest BCUT2D eigenvalue weighted by Crippen LogP contribution is -2.05. The number of carbonyl (C=O) groups is 1. The van der Waals surface area contributed by atoms with Crippen LogP contribution in [0.3, 0.4) is 0 Å². The molecule has 1 aromatic heterocycles. The quantitative estimate of drug-likeness (QED) is 0.750. The lowest BCUT2D eigenvalue weighted by molar-refractivity contribution is 0.0692. The van der Waals surface area contributed by atoms with Crippen LogP contribution in [0, 0.1) is 5.82 Å². The highest BCUT2D eigenvalue weighted by atomic mass is 19.1. The van der Waals surface area contributed by atoms with Crippen LogP contribution < -0.4 is 4.74 Å². The molecule has 23 heavy (non-hydrogen) atoms. The van der Waals surface area contributed by atoms with Gasteiger partial charge < -0.3 is 14.8 Å². The summed E-state index contributed by atoms with van der Waals surface area (Å²) in [6.45, 7) is 0.238. The molecule has 0 fully saturated rings. The maximum Gasteiger partial charge on any atom is 0.352 e. The Morgan fingerprint density at radius 1 is 1.17 bits per heavy atom. The molecule has 0 radical (unpaired) electrons. The Morgan fingerprint density at radius 2 is 2.00 bits per heavy atom. The van der Waals surface area contributed by atoms with E-state index in [-0.39, 0.29) is 12.3 Å². The summed E-state index contributed by atoms with van der Waals surface area (Å²) in [5, 5.41) is 9.53. The zero-order valence-corrected chi connectivity index (χ0v) is 12.0. The number of para-hydroxylation sites is 1. The maximum atomic E-state index is 13.6. The third-order valence-corrected chi connectivity index (χ3v) is 3.96. The Hall–Kier alpha value is -3.08. The Morgan fingerprint density at radius 3 is 2.78 bits per heavy atom. The number of nitrogens with one attached hydrogen (secondary N) is 1. The van der Waals surface area contributed by atoms with Gasteiger partial charge in [-0.25, -0.2) is 9.18 Å². The number of benzene rings is 2.